The van der Waals surface area contributed by atoms with E-state index in [1.54, 1.807) is 6.33 Å². The average molecular weight is 507 g/mol. The van der Waals surface area contributed by atoms with Crippen molar-refractivity contribution in [2.45, 2.75) is 77.4 Å². The van der Waals surface area contributed by atoms with Crippen LogP contribution < -0.4 is 11.1 Å². The zero-order valence-electron chi connectivity index (χ0n) is 21.8. The molecule has 1 amide bonds. The van der Waals surface area contributed by atoms with Gasteiger partial charge in [0.2, 0.25) is 5.91 Å². The summed E-state index contributed by atoms with van der Waals surface area (Å²) in [5.74, 6) is -1.12. The number of carbonyl (C=O) groups is 2. The second-order valence-corrected chi connectivity index (χ2v) is 11.5. The second-order valence-electron chi connectivity index (χ2n) is 11.5. The fraction of sp³-hybridized carbons (Fsp3) is 0.593. The summed E-state index contributed by atoms with van der Waals surface area (Å²) in [6.07, 6.45) is 6.63. The van der Waals surface area contributed by atoms with E-state index in [4.69, 9.17) is 10.5 Å². The van der Waals surface area contributed by atoms with Gasteiger partial charge in [-0.2, -0.15) is 0 Å². The first kappa shape index (κ1) is 24.2. The zero-order valence-corrected chi connectivity index (χ0v) is 21.8. The third-order valence-corrected chi connectivity index (χ3v) is 9.60. The fourth-order valence-electron chi connectivity index (χ4n) is 7.53. The number of aliphatic hydroxyl groups is 1. The molecule has 2 saturated heterocycles. The summed E-state index contributed by atoms with van der Waals surface area (Å²) in [5.41, 5.74) is 6.68. The first-order chi connectivity index (χ1) is 17.5. The Labute approximate surface area is 215 Å². The number of imidazole rings is 1. The smallest absolute Gasteiger partial charge is 0.235 e. The highest BCUT2D eigenvalue weighted by Crippen LogP contribution is 2.58. The maximum atomic E-state index is 14.7. The zero-order chi connectivity index (χ0) is 26.4. The topological polar surface area (TPSA) is 149 Å². The number of nitrogens with zero attached hydrogens (tertiary/aromatic N) is 4. The molecule has 196 valence electrons. The number of nitrogen functional groups attached to an aromatic ring is 1. The quantitative estimate of drug-likeness (QED) is 0.303. The van der Waals surface area contributed by atoms with E-state index in [9.17, 15) is 14.7 Å². The molecule has 4 N–H and O–H groups in total. The van der Waals surface area contributed by atoms with Gasteiger partial charge in [0.25, 0.3) is 0 Å². The molecule has 0 radical (unpaired) electrons. The number of nitrogens with two attached hydrogens (primary N) is 1. The van der Waals surface area contributed by atoms with Gasteiger partial charge in [-0.1, -0.05) is 24.6 Å². The van der Waals surface area contributed by atoms with Crippen molar-refractivity contribution in [1.82, 2.24) is 24.8 Å². The van der Waals surface area contributed by atoms with Gasteiger partial charge in [0.1, 0.15) is 22.9 Å². The summed E-state index contributed by atoms with van der Waals surface area (Å²) in [6, 6.07) is -0.715. The molecule has 2 aliphatic heterocycles. The number of rotatable bonds is 1. The lowest BCUT2D eigenvalue weighted by Gasteiger charge is -2.46. The summed E-state index contributed by atoms with van der Waals surface area (Å²) in [6.45, 7) is 9.91. The number of amides is 1. The first-order valence-corrected chi connectivity index (χ1v) is 13.0. The largest absolute Gasteiger partial charge is 0.388 e. The molecule has 0 aromatic carbocycles. The summed E-state index contributed by atoms with van der Waals surface area (Å²) in [7, 11) is 0. The molecule has 10 heteroatoms. The highest BCUT2D eigenvalue weighted by molar-refractivity contribution is 6.10. The molecule has 37 heavy (non-hydrogen) atoms. The lowest BCUT2D eigenvalue weighted by Crippen LogP contribution is -2.56. The van der Waals surface area contributed by atoms with E-state index in [1.807, 2.05) is 44.4 Å². The standard InChI is InChI=1S/C27H34N6O4/c1-12-7-6-8-16-21(35)14(3)13(2)19-15(4)32-25(36)27(16,19)18(34)9-17(26(5)22(12)37-26)33-11-31-20-23(28)29-10-30-24(20)33/h6,8,10-12,15-17,19,21-22,35H,7,9H2,1-5H3,(H,32,36)(H2,28,29,30)/t12-,15-,16?,17-,19-,21+,22+,26-,27+/m0/s1. The van der Waals surface area contributed by atoms with Crippen LogP contribution in [0.1, 0.15) is 53.5 Å². The van der Waals surface area contributed by atoms with E-state index < -0.39 is 29.1 Å². The van der Waals surface area contributed by atoms with Crippen molar-refractivity contribution < 1.29 is 19.4 Å². The second kappa shape index (κ2) is 7.94. The molecule has 1 unspecified atom stereocenters. The van der Waals surface area contributed by atoms with Crippen molar-refractivity contribution >= 4 is 28.7 Å². The molecule has 2 fully saturated rings. The Balaban J connectivity index is 1.55. The summed E-state index contributed by atoms with van der Waals surface area (Å²) in [4.78, 5) is 41.4. The average Bonchev–Trinajstić information content (AvgIpc) is 3.23. The number of aliphatic hydroxyl groups excluding tert-OH is 1. The number of anilines is 1. The highest BCUT2D eigenvalue weighted by atomic mass is 16.6. The van der Waals surface area contributed by atoms with Crippen LogP contribution in [-0.4, -0.2) is 60.2 Å². The minimum Gasteiger partial charge on any atom is -0.388 e. The highest BCUT2D eigenvalue weighted by Gasteiger charge is 2.68. The molecular formula is C27H34N6O4. The predicted molar refractivity (Wildman–Crippen MR) is 136 cm³/mol. The van der Waals surface area contributed by atoms with Crippen molar-refractivity contribution in [3.63, 3.8) is 0 Å². The number of allylic oxidation sites excluding steroid dienone is 1. The minimum absolute atomic E-state index is 0.0229. The van der Waals surface area contributed by atoms with Crippen molar-refractivity contribution in [3.8, 4) is 0 Å². The monoisotopic (exact) mass is 506 g/mol. The minimum atomic E-state index is -1.42. The fourth-order valence-corrected chi connectivity index (χ4v) is 7.53. The lowest BCUT2D eigenvalue weighted by molar-refractivity contribution is -0.148. The third-order valence-electron chi connectivity index (χ3n) is 9.60. The maximum absolute atomic E-state index is 14.7. The normalized spacial score (nSPS) is 41.6. The molecule has 1 spiro atoms. The van der Waals surface area contributed by atoms with Gasteiger partial charge >= 0.3 is 0 Å². The van der Waals surface area contributed by atoms with Crippen LogP contribution >= 0.6 is 0 Å². The van der Waals surface area contributed by atoms with Crippen LogP contribution in [0.3, 0.4) is 0 Å². The Bertz CT molecular complexity index is 1380. The Morgan fingerprint density at radius 2 is 1.95 bits per heavy atom. The number of carbonyl (C=O) groups excluding carboxylic acids is 2. The molecule has 0 saturated carbocycles. The predicted octanol–water partition coefficient (Wildman–Crippen LogP) is 2.11. The molecule has 2 aromatic rings. The number of fused-ring (bicyclic) bond motifs is 2. The van der Waals surface area contributed by atoms with Crippen LogP contribution in [0.15, 0.2) is 36.0 Å². The van der Waals surface area contributed by atoms with Crippen molar-refractivity contribution in [2.24, 2.45) is 23.2 Å². The first-order valence-electron chi connectivity index (χ1n) is 13.0. The summed E-state index contributed by atoms with van der Waals surface area (Å²) < 4.78 is 8.19. The Hall–Kier alpha value is -3.11. The number of hydrogen-bond acceptors (Lipinski definition) is 8. The SMILES string of the molecule is CC1=C(C)[C@H]2[C@H](C)NC(=O)[C@]23C(=O)C[C@H](n2cnc4c(N)ncnc42)[C@]2(C)O[C@@H]2[C@@H](C)CC=CC3[C@@H]1O. The molecule has 10 nitrogen and oxygen atoms in total. The van der Waals surface area contributed by atoms with Gasteiger partial charge in [0.15, 0.2) is 17.2 Å². The molecular weight excluding hydrogens is 472 g/mol. The third kappa shape index (κ3) is 3.08. The van der Waals surface area contributed by atoms with E-state index >= 15 is 0 Å². The molecule has 9 atom stereocenters. The van der Waals surface area contributed by atoms with Crippen molar-refractivity contribution in [2.75, 3.05) is 5.73 Å². The molecule has 2 aliphatic carbocycles. The van der Waals surface area contributed by atoms with Gasteiger partial charge in [0.05, 0.1) is 24.6 Å². The van der Waals surface area contributed by atoms with Gasteiger partial charge in [-0.05, 0) is 45.6 Å². The van der Waals surface area contributed by atoms with Crippen molar-refractivity contribution in [1.29, 1.82) is 0 Å². The van der Waals surface area contributed by atoms with Gasteiger partial charge in [-0.15, -0.1) is 0 Å². The summed E-state index contributed by atoms with van der Waals surface area (Å²) >= 11 is 0. The van der Waals surface area contributed by atoms with Crippen LogP contribution in [0.5, 0.6) is 0 Å². The van der Waals surface area contributed by atoms with Crippen LogP contribution in [0.25, 0.3) is 11.2 Å². The number of ether oxygens (including phenoxy) is 1. The van der Waals surface area contributed by atoms with Crippen LogP contribution in [0, 0.1) is 23.2 Å². The van der Waals surface area contributed by atoms with Gasteiger partial charge in [-0.3, -0.25) is 9.59 Å². The summed E-state index contributed by atoms with van der Waals surface area (Å²) in [5, 5.41) is 14.5. The van der Waals surface area contributed by atoms with Gasteiger partial charge < -0.3 is 25.5 Å². The Morgan fingerprint density at radius 1 is 1.19 bits per heavy atom. The number of ketones is 1. The van der Waals surface area contributed by atoms with Crippen LogP contribution in [-0.2, 0) is 14.3 Å². The van der Waals surface area contributed by atoms with Crippen LogP contribution in [0.4, 0.5) is 5.82 Å². The number of epoxide rings is 1. The van der Waals surface area contributed by atoms with E-state index in [-0.39, 0.29) is 47.9 Å². The molecule has 2 aromatic heterocycles. The van der Waals surface area contributed by atoms with E-state index in [0.29, 0.717) is 17.6 Å². The van der Waals surface area contributed by atoms with Crippen LogP contribution in [0.2, 0.25) is 0 Å². The lowest BCUT2D eigenvalue weighted by atomic mass is 9.54. The maximum Gasteiger partial charge on any atom is 0.235 e. The Kier molecular flexibility index (Phi) is 5.20. The Morgan fingerprint density at radius 3 is 2.70 bits per heavy atom. The molecule has 4 heterocycles. The van der Waals surface area contributed by atoms with E-state index in [1.165, 1.54) is 6.33 Å². The number of aromatic nitrogens is 4. The number of nitrogens with one attached hydrogen (secondary N) is 1. The van der Waals surface area contributed by atoms with Crippen molar-refractivity contribution in [3.05, 3.63) is 36.0 Å². The van der Waals surface area contributed by atoms with E-state index in [0.717, 1.165) is 11.1 Å². The number of Topliss-reactive ketones (excluding diaryl/α,β-unsaturated/α-hetero) is 1. The molecule has 0 bridgehead atoms. The van der Waals surface area contributed by atoms with E-state index in [2.05, 4.69) is 27.2 Å². The van der Waals surface area contributed by atoms with Gasteiger partial charge in [0, 0.05) is 24.3 Å². The number of hydrogen-bond donors (Lipinski definition) is 3. The van der Waals surface area contributed by atoms with Gasteiger partial charge in [-0.25, -0.2) is 15.0 Å². The molecule has 6 rings (SSSR count). The molecule has 4 aliphatic rings.